The highest BCUT2D eigenvalue weighted by Crippen LogP contribution is 2.34. The van der Waals surface area contributed by atoms with Crippen LogP contribution in [0.15, 0.2) is 4.99 Å². The Morgan fingerprint density at radius 1 is 1.26 bits per heavy atom. The van der Waals surface area contributed by atoms with Gasteiger partial charge in [-0.3, -0.25) is 4.99 Å². The molecule has 0 radical (unpaired) electrons. The third-order valence-corrected chi connectivity index (χ3v) is 5.16. The molecule has 4 nitrogen and oxygen atoms in total. The molecule has 2 N–H and O–H groups in total. The SMILES string of the molecule is CC1CCC(C2CN=C(N)N2CC2CCCO2)CC1. The molecule has 4 heteroatoms. The van der Waals surface area contributed by atoms with Gasteiger partial charge in [0.05, 0.1) is 18.7 Å². The van der Waals surface area contributed by atoms with Gasteiger partial charge in [0.25, 0.3) is 0 Å². The Labute approximate surface area is 116 Å². The number of rotatable bonds is 3. The highest BCUT2D eigenvalue weighted by Gasteiger charge is 2.36. The summed E-state index contributed by atoms with van der Waals surface area (Å²) in [4.78, 5) is 6.84. The summed E-state index contributed by atoms with van der Waals surface area (Å²) in [5, 5.41) is 0. The Bertz CT molecular complexity index is 330. The third-order valence-electron chi connectivity index (χ3n) is 5.16. The molecule has 3 aliphatic rings. The van der Waals surface area contributed by atoms with Crippen molar-refractivity contribution in [2.24, 2.45) is 22.6 Å². The summed E-state index contributed by atoms with van der Waals surface area (Å²) < 4.78 is 5.76. The van der Waals surface area contributed by atoms with Crippen molar-refractivity contribution in [2.75, 3.05) is 19.7 Å². The Balaban J connectivity index is 1.60. The molecule has 108 valence electrons. The second-order valence-electron chi connectivity index (χ2n) is 6.57. The summed E-state index contributed by atoms with van der Waals surface area (Å²) in [5.41, 5.74) is 6.10. The van der Waals surface area contributed by atoms with Crippen molar-refractivity contribution in [3.05, 3.63) is 0 Å². The summed E-state index contributed by atoms with van der Waals surface area (Å²) in [6.07, 6.45) is 8.17. The van der Waals surface area contributed by atoms with Gasteiger partial charge in [0, 0.05) is 13.2 Å². The summed E-state index contributed by atoms with van der Waals surface area (Å²) >= 11 is 0. The minimum absolute atomic E-state index is 0.372. The van der Waals surface area contributed by atoms with Gasteiger partial charge in [0.15, 0.2) is 5.96 Å². The van der Waals surface area contributed by atoms with E-state index in [1.807, 2.05) is 0 Å². The van der Waals surface area contributed by atoms with Crippen LogP contribution >= 0.6 is 0 Å². The fourth-order valence-corrected chi connectivity index (χ4v) is 3.86. The van der Waals surface area contributed by atoms with Gasteiger partial charge in [-0.2, -0.15) is 0 Å². The van der Waals surface area contributed by atoms with E-state index in [9.17, 15) is 0 Å². The zero-order valence-electron chi connectivity index (χ0n) is 12.1. The average molecular weight is 265 g/mol. The van der Waals surface area contributed by atoms with Gasteiger partial charge < -0.3 is 15.4 Å². The largest absolute Gasteiger partial charge is 0.376 e. The van der Waals surface area contributed by atoms with Crippen LogP contribution in [0.25, 0.3) is 0 Å². The van der Waals surface area contributed by atoms with Crippen molar-refractivity contribution in [2.45, 2.75) is 57.6 Å². The van der Waals surface area contributed by atoms with Gasteiger partial charge in [-0.05, 0) is 37.5 Å². The van der Waals surface area contributed by atoms with E-state index in [2.05, 4.69) is 16.8 Å². The van der Waals surface area contributed by atoms with Crippen LogP contribution in [-0.2, 0) is 4.74 Å². The predicted octanol–water partition coefficient (Wildman–Crippen LogP) is 1.99. The normalized spacial score (nSPS) is 39.6. The molecule has 2 unspecified atom stereocenters. The van der Waals surface area contributed by atoms with Gasteiger partial charge in [0.2, 0.25) is 0 Å². The van der Waals surface area contributed by atoms with E-state index in [1.165, 1.54) is 38.5 Å². The molecule has 19 heavy (non-hydrogen) atoms. The molecule has 0 aromatic rings. The van der Waals surface area contributed by atoms with Gasteiger partial charge in [-0.15, -0.1) is 0 Å². The van der Waals surface area contributed by atoms with E-state index < -0.39 is 0 Å². The summed E-state index contributed by atoms with van der Waals surface area (Å²) in [6.45, 7) is 5.14. The number of guanidine groups is 1. The first-order valence-electron chi connectivity index (χ1n) is 7.92. The van der Waals surface area contributed by atoms with Crippen LogP contribution in [0.1, 0.15) is 45.4 Å². The Kier molecular flexibility index (Phi) is 3.96. The molecule has 2 heterocycles. The first kappa shape index (κ1) is 13.2. The van der Waals surface area contributed by atoms with Crippen LogP contribution in [0.4, 0.5) is 0 Å². The molecule has 1 saturated carbocycles. The first-order valence-corrected chi connectivity index (χ1v) is 7.92. The van der Waals surface area contributed by atoms with Gasteiger partial charge in [-0.1, -0.05) is 19.8 Å². The molecule has 2 atom stereocenters. The Morgan fingerprint density at radius 3 is 2.74 bits per heavy atom. The van der Waals surface area contributed by atoms with E-state index in [1.54, 1.807) is 0 Å². The maximum atomic E-state index is 6.10. The van der Waals surface area contributed by atoms with E-state index in [-0.39, 0.29) is 0 Å². The first-order chi connectivity index (χ1) is 9.24. The summed E-state index contributed by atoms with van der Waals surface area (Å²) in [5.74, 6) is 2.43. The van der Waals surface area contributed by atoms with Gasteiger partial charge >= 0.3 is 0 Å². The maximum Gasteiger partial charge on any atom is 0.191 e. The lowest BCUT2D eigenvalue weighted by molar-refractivity contribution is 0.0728. The molecule has 0 amide bonds. The van der Waals surface area contributed by atoms with Crippen LogP contribution in [0.2, 0.25) is 0 Å². The Hall–Kier alpha value is -0.770. The van der Waals surface area contributed by atoms with E-state index in [0.29, 0.717) is 12.1 Å². The van der Waals surface area contributed by atoms with Crippen LogP contribution in [0.5, 0.6) is 0 Å². The van der Waals surface area contributed by atoms with E-state index in [0.717, 1.165) is 37.5 Å². The van der Waals surface area contributed by atoms with E-state index >= 15 is 0 Å². The topological polar surface area (TPSA) is 50.8 Å². The zero-order chi connectivity index (χ0) is 13.2. The lowest BCUT2D eigenvalue weighted by Gasteiger charge is -2.37. The molecule has 0 spiro atoms. The molecule has 0 aromatic heterocycles. The number of ether oxygens (including phenoxy) is 1. The monoisotopic (exact) mass is 265 g/mol. The van der Waals surface area contributed by atoms with Crippen molar-refractivity contribution in [3.63, 3.8) is 0 Å². The number of hydrogen-bond acceptors (Lipinski definition) is 4. The smallest absolute Gasteiger partial charge is 0.191 e. The van der Waals surface area contributed by atoms with Crippen molar-refractivity contribution < 1.29 is 4.74 Å². The van der Waals surface area contributed by atoms with Crippen LogP contribution in [-0.4, -0.2) is 42.7 Å². The number of aliphatic imine (C=N–C) groups is 1. The highest BCUT2D eigenvalue weighted by atomic mass is 16.5. The quantitative estimate of drug-likeness (QED) is 0.849. The number of nitrogens with two attached hydrogens (primary N) is 1. The fraction of sp³-hybridized carbons (Fsp3) is 0.933. The fourth-order valence-electron chi connectivity index (χ4n) is 3.86. The van der Waals surface area contributed by atoms with Gasteiger partial charge in [-0.25, -0.2) is 0 Å². The standard InChI is InChI=1S/C15H27N3O/c1-11-4-6-12(7-5-11)14-9-17-15(16)18(14)10-13-3-2-8-19-13/h11-14H,2-10H2,1H3,(H2,16,17). The minimum Gasteiger partial charge on any atom is -0.376 e. The van der Waals surface area contributed by atoms with Crippen LogP contribution < -0.4 is 5.73 Å². The predicted molar refractivity (Wildman–Crippen MR) is 77.1 cm³/mol. The minimum atomic E-state index is 0.372. The lowest BCUT2D eigenvalue weighted by Crippen LogP contribution is -2.48. The second-order valence-corrected chi connectivity index (χ2v) is 6.57. The maximum absolute atomic E-state index is 6.10. The summed E-state index contributed by atoms with van der Waals surface area (Å²) in [7, 11) is 0. The van der Waals surface area contributed by atoms with Crippen molar-refractivity contribution in [1.29, 1.82) is 0 Å². The molecule has 1 saturated heterocycles. The molecule has 0 bridgehead atoms. The molecular weight excluding hydrogens is 238 g/mol. The van der Waals surface area contributed by atoms with Crippen molar-refractivity contribution >= 4 is 5.96 Å². The molecule has 2 aliphatic heterocycles. The number of nitrogens with zero attached hydrogens (tertiary/aromatic N) is 2. The number of hydrogen-bond donors (Lipinski definition) is 1. The molecule has 2 fully saturated rings. The van der Waals surface area contributed by atoms with Crippen LogP contribution in [0, 0.1) is 11.8 Å². The van der Waals surface area contributed by atoms with Gasteiger partial charge in [0.1, 0.15) is 0 Å². The Morgan fingerprint density at radius 2 is 2.05 bits per heavy atom. The third kappa shape index (κ3) is 2.88. The van der Waals surface area contributed by atoms with Crippen LogP contribution in [0.3, 0.4) is 0 Å². The molecule has 1 aliphatic carbocycles. The second kappa shape index (κ2) is 5.70. The summed E-state index contributed by atoms with van der Waals surface area (Å²) in [6, 6.07) is 0.539. The molecular formula is C15H27N3O. The molecule has 0 aromatic carbocycles. The molecule has 3 rings (SSSR count). The van der Waals surface area contributed by atoms with Crippen molar-refractivity contribution in [3.8, 4) is 0 Å². The van der Waals surface area contributed by atoms with Crippen molar-refractivity contribution in [1.82, 2.24) is 4.90 Å². The average Bonchev–Trinajstić information content (AvgIpc) is 3.03. The highest BCUT2D eigenvalue weighted by molar-refractivity contribution is 5.80. The zero-order valence-corrected chi connectivity index (χ0v) is 12.1. The lowest BCUT2D eigenvalue weighted by atomic mass is 9.79. The van der Waals surface area contributed by atoms with E-state index in [4.69, 9.17) is 10.5 Å².